The lowest BCUT2D eigenvalue weighted by Gasteiger charge is -2.22. The number of nitrogens with zero attached hydrogens (tertiary/aromatic N) is 1. The maximum atomic E-state index is 4.69. The van der Waals surface area contributed by atoms with Gasteiger partial charge >= 0.3 is 0 Å². The molecule has 1 aliphatic heterocycles. The summed E-state index contributed by atoms with van der Waals surface area (Å²) in [5.74, 6) is 0.790. The minimum atomic E-state index is 0.689. The van der Waals surface area contributed by atoms with Crippen LogP contribution in [0.2, 0.25) is 0 Å². The van der Waals surface area contributed by atoms with Crippen LogP contribution in [0.4, 0.5) is 0 Å². The normalized spacial score (nSPS) is 26.8. The van der Waals surface area contributed by atoms with Crippen molar-refractivity contribution >= 4 is 16.9 Å². The van der Waals surface area contributed by atoms with Crippen LogP contribution in [0.5, 0.6) is 0 Å². The fraction of sp³-hybridized carbons (Fsp3) is 0.933. The lowest BCUT2D eigenvalue weighted by Crippen LogP contribution is -2.33. The van der Waals surface area contributed by atoms with Crippen molar-refractivity contribution in [2.45, 2.75) is 76.5 Å². The molecule has 0 spiro atoms. The molecule has 0 saturated heterocycles. The summed E-state index contributed by atoms with van der Waals surface area (Å²) in [5.41, 5.74) is 0. The summed E-state index contributed by atoms with van der Waals surface area (Å²) in [7, 11) is 0. The van der Waals surface area contributed by atoms with Crippen LogP contribution in [0.25, 0.3) is 0 Å². The lowest BCUT2D eigenvalue weighted by molar-refractivity contribution is 0.430. The molecular weight excluding hydrogens is 240 g/mol. The molecule has 0 aromatic rings. The van der Waals surface area contributed by atoms with E-state index in [1.54, 1.807) is 0 Å². The van der Waals surface area contributed by atoms with Crippen LogP contribution < -0.4 is 5.32 Å². The van der Waals surface area contributed by atoms with Crippen LogP contribution >= 0.6 is 11.8 Å². The molecule has 0 amide bonds. The van der Waals surface area contributed by atoms with E-state index in [0.29, 0.717) is 6.04 Å². The van der Waals surface area contributed by atoms with E-state index in [2.05, 4.69) is 24.2 Å². The second-order valence-electron chi connectivity index (χ2n) is 6.20. The molecule has 1 atom stereocenters. The van der Waals surface area contributed by atoms with Gasteiger partial charge in [-0.1, -0.05) is 57.7 Å². The van der Waals surface area contributed by atoms with E-state index in [-0.39, 0.29) is 0 Å². The van der Waals surface area contributed by atoms with Gasteiger partial charge in [0, 0.05) is 11.3 Å². The zero-order valence-corrected chi connectivity index (χ0v) is 12.8. The molecule has 0 radical (unpaired) electrons. The molecule has 0 aromatic carbocycles. The average Bonchev–Trinajstić information content (AvgIpc) is 2.68. The van der Waals surface area contributed by atoms with Gasteiger partial charge in [0.05, 0.1) is 6.54 Å². The number of rotatable bonds is 3. The maximum absolute atomic E-state index is 4.69. The first-order valence-electron chi connectivity index (χ1n) is 7.71. The largest absolute Gasteiger partial charge is 0.362 e. The van der Waals surface area contributed by atoms with E-state index in [9.17, 15) is 0 Å². The van der Waals surface area contributed by atoms with Crippen molar-refractivity contribution in [3.8, 4) is 0 Å². The summed E-state index contributed by atoms with van der Waals surface area (Å²) >= 11 is 1.98. The third-order valence-electron chi connectivity index (χ3n) is 3.88. The lowest BCUT2D eigenvalue weighted by atomic mass is 9.97. The van der Waals surface area contributed by atoms with Gasteiger partial charge in [-0.15, -0.1) is 0 Å². The van der Waals surface area contributed by atoms with Gasteiger partial charge in [-0.3, -0.25) is 4.99 Å². The number of thioether (sulfide) groups is 1. The predicted molar refractivity (Wildman–Crippen MR) is 82.4 cm³/mol. The molecule has 1 unspecified atom stereocenters. The first-order valence-corrected chi connectivity index (χ1v) is 8.59. The Morgan fingerprint density at radius 3 is 2.50 bits per heavy atom. The summed E-state index contributed by atoms with van der Waals surface area (Å²) in [5, 5.41) is 5.65. The standard InChI is InChI=1S/C15H28N2S/c1-12(2)10-14-11-16-15(18-14)17-13-8-6-4-3-5-7-9-13/h12-14H,3-11H2,1-2H3,(H,16,17). The van der Waals surface area contributed by atoms with Crippen molar-refractivity contribution in [3.63, 3.8) is 0 Å². The highest BCUT2D eigenvalue weighted by Gasteiger charge is 2.22. The van der Waals surface area contributed by atoms with Crippen LogP contribution in [0.1, 0.15) is 65.2 Å². The Bertz CT molecular complexity index is 268. The summed E-state index contributed by atoms with van der Waals surface area (Å²) < 4.78 is 0. The van der Waals surface area contributed by atoms with E-state index in [4.69, 9.17) is 0 Å². The SMILES string of the molecule is CC(C)CC1CN=C(NC2CCCCCCC2)S1. The van der Waals surface area contributed by atoms with Crippen LogP contribution in [-0.4, -0.2) is 23.0 Å². The highest BCUT2D eigenvalue weighted by molar-refractivity contribution is 8.14. The van der Waals surface area contributed by atoms with Gasteiger partial charge in [-0.05, 0) is 25.2 Å². The summed E-state index contributed by atoms with van der Waals surface area (Å²) in [6, 6.07) is 0.689. The zero-order valence-electron chi connectivity index (χ0n) is 12.0. The molecule has 2 rings (SSSR count). The minimum Gasteiger partial charge on any atom is -0.362 e. The fourth-order valence-corrected chi connectivity index (χ4v) is 4.25. The fourth-order valence-electron chi connectivity index (χ4n) is 2.92. The van der Waals surface area contributed by atoms with Gasteiger partial charge < -0.3 is 5.32 Å². The molecule has 104 valence electrons. The first-order chi connectivity index (χ1) is 8.74. The summed E-state index contributed by atoms with van der Waals surface area (Å²) in [6.07, 6.45) is 11.1. The number of aliphatic imine (C=N–C) groups is 1. The van der Waals surface area contributed by atoms with Crippen molar-refractivity contribution in [3.05, 3.63) is 0 Å². The van der Waals surface area contributed by atoms with Gasteiger partial charge in [0.2, 0.25) is 0 Å². The minimum absolute atomic E-state index is 0.689. The molecule has 1 fully saturated rings. The molecule has 2 aliphatic rings. The molecule has 1 N–H and O–H groups in total. The molecule has 0 bridgehead atoms. The summed E-state index contributed by atoms with van der Waals surface area (Å²) in [6.45, 7) is 5.64. The van der Waals surface area contributed by atoms with Crippen LogP contribution in [-0.2, 0) is 0 Å². The Morgan fingerprint density at radius 1 is 1.17 bits per heavy atom. The average molecular weight is 268 g/mol. The van der Waals surface area contributed by atoms with Crippen LogP contribution in [0.3, 0.4) is 0 Å². The summed E-state index contributed by atoms with van der Waals surface area (Å²) in [4.78, 5) is 4.69. The van der Waals surface area contributed by atoms with E-state index in [0.717, 1.165) is 17.7 Å². The Balaban J connectivity index is 1.72. The van der Waals surface area contributed by atoms with E-state index >= 15 is 0 Å². The molecule has 0 aromatic heterocycles. The molecule has 1 heterocycles. The molecule has 2 nitrogen and oxygen atoms in total. The van der Waals surface area contributed by atoms with Gasteiger partial charge in [-0.2, -0.15) is 0 Å². The van der Waals surface area contributed by atoms with Crippen molar-refractivity contribution in [1.29, 1.82) is 0 Å². The Labute approximate surface area is 116 Å². The van der Waals surface area contributed by atoms with Gasteiger partial charge in [0.25, 0.3) is 0 Å². The number of hydrogen-bond acceptors (Lipinski definition) is 3. The van der Waals surface area contributed by atoms with E-state index in [1.165, 1.54) is 56.5 Å². The van der Waals surface area contributed by atoms with Crippen molar-refractivity contribution in [2.75, 3.05) is 6.54 Å². The molecule has 1 saturated carbocycles. The third kappa shape index (κ3) is 4.83. The molecule has 3 heteroatoms. The van der Waals surface area contributed by atoms with E-state index < -0.39 is 0 Å². The van der Waals surface area contributed by atoms with Crippen molar-refractivity contribution in [1.82, 2.24) is 5.32 Å². The highest BCUT2D eigenvalue weighted by Crippen LogP contribution is 2.26. The predicted octanol–water partition coefficient (Wildman–Crippen LogP) is 4.21. The monoisotopic (exact) mass is 268 g/mol. The second-order valence-corrected chi connectivity index (χ2v) is 7.49. The van der Waals surface area contributed by atoms with Gasteiger partial charge in [0.15, 0.2) is 5.17 Å². The zero-order chi connectivity index (χ0) is 12.8. The Kier molecular flexibility index (Phi) is 5.87. The van der Waals surface area contributed by atoms with Crippen molar-refractivity contribution in [2.24, 2.45) is 10.9 Å². The Hall–Kier alpha value is -0.180. The number of hydrogen-bond donors (Lipinski definition) is 1. The van der Waals surface area contributed by atoms with Crippen molar-refractivity contribution < 1.29 is 0 Å². The third-order valence-corrected chi connectivity index (χ3v) is 5.03. The Morgan fingerprint density at radius 2 is 1.83 bits per heavy atom. The molecule has 1 aliphatic carbocycles. The molecular formula is C15H28N2S. The molecule has 18 heavy (non-hydrogen) atoms. The maximum Gasteiger partial charge on any atom is 0.157 e. The highest BCUT2D eigenvalue weighted by atomic mass is 32.2. The van der Waals surface area contributed by atoms with Crippen LogP contribution in [0.15, 0.2) is 4.99 Å². The van der Waals surface area contributed by atoms with Crippen LogP contribution in [0, 0.1) is 5.92 Å². The second kappa shape index (κ2) is 7.42. The quantitative estimate of drug-likeness (QED) is 0.829. The number of amidine groups is 1. The smallest absolute Gasteiger partial charge is 0.157 e. The topological polar surface area (TPSA) is 24.4 Å². The first kappa shape index (κ1) is 14.2. The van der Waals surface area contributed by atoms with Gasteiger partial charge in [-0.25, -0.2) is 0 Å². The van der Waals surface area contributed by atoms with Gasteiger partial charge in [0.1, 0.15) is 0 Å². The van der Waals surface area contributed by atoms with E-state index in [1.807, 2.05) is 11.8 Å². The number of nitrogens with one attached hydrogen (secondary N) is 1.